The van der Waals surface area contributed by atoms with E-state index in [4.69, 9.17) is 14.2 Å². The molecule has 0 atom stereocenters. The minimum Gasteiger partial charge on any atom is -0.496 e. The fourth-order valence-electron chi connectivity index (χ4n) is 3.48. The average Bonchev–Trinajstić information content (AvgIpc) is 2.75. The lowest BCUT2D eigenvalue weighted by Crippen LogP contribution is -2.29. The Kier molecular flexibility index (Phi) is 5.33. The summed E-state index contributed by atoms with van der Waals surface area (Å²) in [5.41, 5.74) is 1.00. The van der Waals surface area contributed by atoms with Crippen LogP contribution in [0.25, 0.3) is 0 Å². The van der Waals surface area contributed by atoms with Crippen molar-refractivity contribution in [2.24, 2.45) is 0 Å². The molecule has 27 heavy (non-hydrogen) atoms. The van der Waals surface area contributed by atoms with Crippen LogP contribution in [0.4, 0.5) is 0 Å². The van der Waals surface area contributed by atoms with Gasteiger partial charge in [-0.05, 0) is 18.2 Å². The Balaban J connectivity index is 2.48. The number of para-hydroxylation sites is 3. The maximum absolute atomic E-state index is 10.6. The van der Waals surface area contributed by atoms with Crippen molar-refractivity contribution in [2.45, 2.75) is 5.41 Å². The molecule has 0 amide bonds. The third kappa shape index (κ3) is 2.98. The van der Waals surface area contributed by atoms with Crippen LogP contribution in [-0.2, 0) is 5.41 Å². The van der Waals surface area contributed by atoms with Gasteiger partial charge in [0.25, 0.3) is 0 Å². The monoisotopic (exact) mass is 359 g/mol. The first kappa shape index (κ1) is 18.3. The smallest absolute Gasteiger partial charge is 0.143 e. The second-order valence-electron chi connectivity index (χ2n) is 5.96. The molecule has 3 aromatic rings. The lowest BCUT2D eigenvalue weighted by molar-refractivity contribution is 0.388. The van der Waals surface area contributed by atoms with Crippen LogP contribution in [0, 0.1) is 11.3 Å². The molecule has 0 aliphatic heterocycles. The van der Waals surface area contributed by atoms with Gasteiger partial charge in [-0.1, -0.05) is 54.6 Å². The Hall–Kier alpha value is -3.45. The molecular formula is C23H21NO3. The number of rotatable bonds is 6. The fraction of sp³-hybridized carbons (Fsp3) is 0.174. The van der Waals surface area contributed by atoms with Gasteiger partial charge in [-0.3, -0.25) is 0 Å². The van der Waals surface area contributed by atoms with Gasteiger partial charge < -0.3 is 14.2 Å². The van der Waals surface area contributed by atoms with Gasteiger partial charge in [-0.25, -0.2) is 0 Å². The normalized spacial score (nSPS) is 10.7. The van der Waals surface area contributed by atoms with Crippen molar-refractivity contribution in [1.29, 1.82) is 5.26 Å². The van der Waals surface area contributed by atoms with Gasteiger partial charge in [0.15, 0.2) is 0 Å². The van der Waals surface area contributed by atoms with E-state index in [0.29, 0.717) is 17.2 Å². The van der Waals surface area contributed by atoms with Crippen molar-refractivity contribution in [3.8, 4) is 23.3 Å². The van der Waals surface area contributed by atoms with Crippen molar-refractivity contribution in [2.75, 3.05) is 21.3 Å². The first-order valence-corrected chi connectivity index (χ1v) is 8.54. The highest BCUT2D eigenvalue weighted by molar-refractivity contribution is 5.66. The van der Waals surface area contributed by atoms with E-state index in [1.165, 1.54) is 0 Å². The van der Waals surface area contributed by atoms with Gasteiger partial charge >= 0.3 is 0 Å². The highest BCUT2D eigenvalue weighted by Crippen LogP contribution is 2.48. The molecule has 0 spiro atoms. The predicted molar refractivity (Wildman–Crippen MR) is 104 cm³/mol. The van der Waals surface area contributed by atoms with Crippen molar-refractivity contribution < 1.29 is 14.2 Å². The van der Waals surface area contributed by atoms with Crippen LogP contribution in [0.5, 0.6) is 17.2 Å². The Bertz CT molecular complexity index is 859. The molecule has 0 heterocycles. The van der Waals surface area contributed by atoms with E-state index in [-0.39, 0.29) is 0 Å². The van der Waals surface area contributed by atoms with Gasteiger partial charge in [-0.2, -0.15) is 5.26 Å². The molecule has 136 valence electrons. The fourth-order valence-corrected chi connectivity index (χ4v) is 3.48. The highest BCUT2D eigenvalue weighted by atomic mass is 16.5. The van der Waals surface area contributed by atoms with Gasteiger partial charge in [0.05, 0.1) is 27.4 Å². The van der Waals surface area contributed by atoms with E-state index in [1.807, 2.05) is 72.8 Å². The zero-order valence-electron chi connectivity index (χ0n) is 15.6. The molecule has 0 unspecified atom stereocenters. The number of nitriles is 1. The molecule has 0 saturated carbocycles. The molecule has 0 aliphatic rings. The molecule has 4 heteroatoms. The first-order valence-electron chi connectivity index (χ1n) is 8.54. The summed E-state index contributed by atoms with van der Waals surface area (Å²) in [5.74, 6) is 1.86. The minimum atomic E-state index is -1.17. The van der Waals surface area contributed by atoms with E-state index >= 15 is 0 Å². The molecular weight excluding hydrogens is 338 g/mol. The van der Waals surface area contributed by atoms with Gasteiger partial charge in [0.1, 0.15) is 22.7 Å². The van der Waals surface area contributed by atoms with Crippen molar-refractivity contribution in [3.05, 3.63) is 89.5 Å². The topological polar surface area (TPSA) is 51.5 Å². The van der Waals surface area contributed by atoms with Crippen LogP contribution in [0.3, 0.4) is 0 Å². The maximum Gasteiger partial charge on any atom is 0.143 e. The quantitative estimate of drug-likeness (QED) is 0.605. The van der Waals surface area contributed by atoms with E-state index in [9.17, 15) is 5.26 Å². The van der Waals surface area contributed by atoms with E-state index in [2.05, 4.69) is 6.07 Å². The molecule has 0 radical (unpaired) electrons. The summed E-state index contributed by atoms with van der Waals surface area (Å²) in [6, 6.07) is 25.2. The van der Waals surface area contributed by atoms with Crippen LogP contribution in [0.15, 0.2) is 72.8 Å². The second-order valence-corrected chi connectivity index (χ2v) is 5.96. The zero-order chi connectivity index (χ0) is 19.3. The van der Waals surface area contributed by atoms with Crippen LogP contribution in [0.2, 0.25) is 0 Å². The summed E-state index contributed by atoms with van der Waals surface area (Å²) < 4.78 is 16.8. The van der Waals surface area contributed by atoms with Gasteiger partial charge in [0.2, 0.25) is 0 Å². The lowest BCUT2D eigenvalue weighted by atomic mass is 9.69. The summed E-state index contributed by atoms with van der Waals surface area (Å²) in [4.78, 5) is 0. The number of nitrogens with zero attached hydrogens (tertiary/aromatic N) is 1. The first-order chi connectivity index (χ1) is 13.2. The standard InChI is InChI=1S/C23H21NO3/c1-25-20-13-7-4-10-17(20)23(16-24,18-11-5-8-14-21(18)26-2)19-12-6-9-15-22(19)27-3/h4-15H,1-3H3. The summed E-state index contributed by atoms with van der Waals surface area (Å²) in [6.45, 7) is 0. The molecule has 3 rings (SSSR count). The number of hydrogen-bond donors (Lipinski definition) is 0. The molecule has 3 aromatic carbocycles. The number of ether oxygens (including phenoxy) is 3. The molecule has 0 bridgehead atoms. The molecule has 0 fully saturated rings. The van der Waals surface area contributed by atoms with Crippen LogP contribution in [-0.4, -0.2) is 21.3 Å². The second kappa shape index (κ2) is 7.84. The zero-order valence-corrected chi connectivity index (χ0v) is 15.6. The van der Waals surface area contributed by atoms with E-state index < -0.39 is 5.41 Å². The minimum absolute atomic E-state index is 0.621. The molecule has 0 saturated heterocycles. The Morgan fingerprint density at radius 3 is 1.15 bits per heavy atom. The van der Waals surface area contributed by atoms with Gasteiger partial charge in [-0.15, -0.1) is 0 Å². The lowest BCUT2D eigenvalue weighted by Gasteiger charge is -2.32. The molecule has 0 aliphatic carbocycles. The third-order valence-electron chi connectivity index (χ3n) is 4.70. The van der Waals surface area contributed by atoms with Crippen LogP contribution < -0.4 is 14.2 Å². The summed E-state index contributed by atoms with van der Waals surface area (Å²) in [5, 5.41) is 10.6. The van der Waals surface area contributed by atoms with E-state index in [1.54, 1.807) is 21.3 Å². The van der Waals surface area contributed by atoms with Crippen LogP contribution >= 0.6 is 0 Å². The Morgan fingerprint density at radius 1 is 0.593 bits per heavy atom. The number of methoxy groups -OCH3 is 3. The summed E-state index contributed by atoms with van der Waals surface area (Å²) in [7, 11) is 4.81. The summed E-state index contributed by atoms with van der Waals surface area (Å²) >= 11 is 0. The number of benzene rings is 3. The van der Waals surface area contributed by atoms with Crippen molar-refractivity contribution in [3.63, 3.8) is 0 Å². The van der Waals surface area contributed by atoms with Crippen molar-refractivity contribution >= 4 is 0 Å². The molecule has 4 nitrogen and oxygen atoms in total. The van der Waals surface area contributed by atoms with Gasteiger partial charge in [0, 0.05) is 16.7 Å². The average molecular weight is 359 g/mol. The molecule has 0 aromatic heterocycles. The number of hydrogen-bond acceptors (Lipinski definition) is 4. The van der Waals surface area contributed by atoms with E-state index in [0.717, 1.165) is 16.7 Å². The maximum atomic E-state index is 10.6. The predicted octanol–water partition coefficient (Wildman–Crippen LogP) is 4.57. The highest BCUT2D eigenvalue weighted by Gasteiger charge is 2.43. The SMILES string of the molecule is COc1ccccc1C(C#N)(c1ccccc1OC)c1ccccc1OC. The molecule has 0 N–H and O–H groups in total. The Labute approximate surface area is 159 Å². The Morgan fingerprint density at radius 2 is 0.889 bits per heavy atom. The largest absolute Gasteiger partial charge is 0.496 e. The third-order valence-corrected chi connectivity index (χ3v) is 4.70. The van der Waals surface area contributed by atoms with Crippen LogP contribution in [0.1, 0.15) is 16.7 Å². The van der Waals surface area contributed by atoms with Crippen molar-refractivity contribution in [1.82, 2.24) is 0 Å². The summed E-state index contributed by atoms with van der Waals surface area (Å²) in [6.07, 6.45) is 0.